The van der Waals surface area contributed by atoms with E-state index in [0.717, 1.165) is 47.5 Å². The standard InChI is InChI=1S/C33H40ClN3O5S/c1-4-42-30-18-16-29(17-19-30)37(43(40,41)31-20-14-27(34)15-21-31)23-32(38)36(22-26-11-9-8-10-24(26)2)25(3)33(39)35-28-12-6-5-7-13-28/h8-11,14-21,25,28H,4-7,12-13,22-23H2,1-3H3,(H,35,39)/t25-/m1/s1. The number of anilines is 1. The van der Waals surface area contributed by atoms with Crippen molar-refractivity contribution >= 4 is 39.1 Å². The number of nitrogens with zero attached hydrogens (tertiary/aromatic N) is 2. The van der Waals surface area contributed by atoms with E-state index in [2.05, 4.69) is 5.32 Å². The van der Waals surface area contributed by atoms with Crippen LogP contribution >= 0.6 is 11.6 Å². The second-order valence-electron chi connectivity index (χ2n) is 10.9. The topological polar surface area (TPSA) is 96.0 Å². The molecule has 1 saturated carbocycles. The molecule has 230 valence electrons. The highest BCUT2D eigenvalue weighted by molar-refractivity contribution is 7.92. The highest BCUT2D eigenvalue weighted by Gasteiger charge is 2.33. The van der Waals surface area contributed by atoms with Gasteiger partial charge in [0.15, 0.2) is 0 Å². The number of hydrogen-bond donors (Lipinski definition) is 1. The van der Waals surface area contributed by atoms with Gasteiger partial charge < -0.3 is 15.0 Å². The molecular weight excluding hydrogens is 586 g/mol. The molecule has 8 nitrogen and oxygen atoms in total. The van der Waals surface area contributed by atoms with E-state index in [1.54, 1.807) is 31.2 Å². The number of nitrogens with one attached hydrogen (secondary N) is 1. The molecule has 0 saturated heterocycles. The molecule has 0 unspecified atom stereocenters. The van der Waals surface area contributed by atoms with Crippen molar-refractivity contribution in [3.8, 4) is 5.75 Å². The molecule has 2 amide bonds. The first-order chi connectivity index (χ1) is 20.6. The van der Waals surface area contributed by atoms with Crippen molar-refractivity contribution in [3.63, 3.8) is 0 Å². The van der Waals surface area contributed by atoms with Crippen LogP contribution in [0.25, 0.3) is 0 Å². The molecule has 0 aromatic heterocycles. The first-order valence-electron chi connectivity index (χ1n) is 14.8. The normalized spacial score (nSPS) is 14.5. The highest BCUT2D eigenvalue weighted by atomic mass is 35.5. The van der Waals surface area contributed by atoms with Gasteiger partial charge in [-0.1, -0.05) is 55.1 Å². The van der Waals surface area contributed by atoms with E-state index in [1.807, 2.05) is 38.1 Å². The summed E-state index contributed by atoms with van der Waals surface area (Å²) < 4.78 is 34.6. The van der Waals surface area contributed by atoms with E-state index in [-0.39, 0.29) is 23.4 Å². The smallest absolute Gasteiger partial charge is 0.264 e. The summed E-state index contributed by atoms with van der Waals surface area (Å²) in [4.78, 5) is 29.1. The Bertz CT molecular complexity index is 1490. The molecule has 0 radical (unpaired) electrons. The summed E-state index contributed by atoms with van der Waals surface area (Å²) in [6.45, 7) is 5.61. The fourth-order valence-corrected chi connectivity index (χ4v) is 6.80. The van der Waals surface area contributed by atoms with Crippen LogP contribution in [0.2, 0.25) is 5.02 Å². The van der Waals surface area contributed by atoms with Gasteiger partial charge in [0, 0.05) is 17.6 Å². The number of halogens is 1. The van der Waals surface area contributed by atoms with Crippen LogP contribution in [0, 0.1) is 6.92 Å². The van der Waals surface area contributed by atoms with Crippen molar-refractivity contribution in [1.82, 2.24) is 10.2 Å². The number of rotatable bonds is 12. The Morgan fingerprint density at radius 1 is 0.977 bits per heavy atom. The lowest BCUT2D eigenvalue weighted by Gasteiger charge is -2.33. The van der Waals surface area contributed by atoms with Gasteiger partial charge in [0.1, 0.15) is 18.3 Å². The van der Waals surface area contributed by atoms with Crippen LogP contribution in [0.15, 0.2) is 77.7 Å². The molecule has 1 aliphatic rings. The molecule has 1 aliphatic carbocycles. The second-order valence-corrected chi connectivity index (χ2v) is 13.2. The van der Waals surface area contributed by atoms with Crippen LogP contribution in [-0.2, 0) is 26.2 Å². The molecule has 10 heteroatoms. The van der Waals surface area contributed by atoms with E-state index in [9.17, 15) is 18.0 Å². The summed E-state index contributed by atoms with van der Waals surface area (Å²) in [6, 6.07) is 19.3. The van der Waals surface area contributed by atoms with E-state index in [4.69, 9.17) is 16.3 Å². The number of benzene rings is 3. The minimum Gasteiger partial charge on any atom is -0.494 e. The van der Waals surface area contributed by atoms with E-state index >= 15 is 0 Å². The van der Waals surface area contributed by atoms with Crippen molar-refractivity contribution in [2.24, 2.45) is 0 Å². The zero-order chi connectivity index (χ0) is 31.0. The van der Waals surface area contributed by atoms with Crippen LogP contribution in [0.4, 0.5) is 5.69 Å². The van der Waals surface area contributed by atoms with Gasteiger partial charge in [-0.2, -0.15) is 0 Å². The Kier molecular flexibility index (Phi) is 11.1. The van der Waals surface area contributed by atoms with Crippen molar-refractivity contribution < 1.29 is 22.7 Å². The third kappa shape index (κ3) is 8.30. The van der Waals surface area contributed by atoms with Gasteiger partial charge >= 0.3 is 0 Å². The van der Waals surface area contributed by atoms with Crippen LogP contribution in [0.3, 0.4) is 0 Å². The maximum atomic E-state index is 14.2. The number of amides is 2. The lowest BCUT2D eigenvalue weighted by Crippen LogP contribution is -2.53. The Labute approximate surface area is 260 Å². The molecule has 1 atom stereocenters. The summed E-state index contributed by atoms with van der Waals surface area (Å²) >= 11 is 6.03. The van der Waals surface area contributed by atoms with Crippen molar-refractivity contribution in [3.05, 3.63) is 88.9 Å². The molecule has 0 aliphatic heterocycles. The fraction of sp³-hybridized carbons (Fsp3) is 0.394. The van der Waals surface area contributed by atoms with Crippen LogP contribution in [0.1, 0.15) is 57.1 Å². The largest absolute Gasteiger partial charge is 0.494 e. The van der Waals surface area contributed by atoms with E-state index in [1.165, 1.54) is 29.2 Å². The molecule has 0 spiro atoms. The molecule has 0 bridgehead atoms. The minimum absolute atomic E-state index is 0.00729. The number of ether oxygens (including phenoxy) is 1. The zero-order valence-corrected chi connectivity index (χ0v) is 26.5. The van der Waals surface area contributed by atoms with Gasteiger partial charge in [-0.05, 0) is 93.3 Å². The summed E-state index contributed by atoms with van der Waals surface area (Å²) in [6.07, 6.45) is 5.10. The van der Waals surface area contributed by atoms with Crippen LogP contribution in [0.5, 0.6) is 5.75 Å². The molecule has 1 N–H and O–H groups in total. The van der Waals surface area contributed by atoms with Gasteiger partial charge in [-0.25, -0.2) is 8.42 Å². The lowest BCUT2D eigenvalue weighted by molar-refractivity contribution is -0.139. The summed E-state index contributed by atoms with van der Waals surface area (Å²) in [5, 5.41) is 3.52. The minimum atomic E-state index is -4.19. The molecule has 0 heterocycles. The highest BCUT2D eigenvalue weighted by Crippen LogP contribution is 2.28. The molecule has 3 aromatic carbocycles. The lowest BCUT2D eigenvalue weighted by atomic mass is 9.95. The molecule has 3 aromatic rings. The Balaban J connectivity index is 1.68. The number of sulfonamides is 1. The number of carbonyl (C=O) groups excluding carboxylic acids is 2. The Hall–Kier alpha value is -3.56. The van der Waals surface area contributed by atoms with E-state index in [0.29, 0.717) is 23.1 Å². The number of carbonyl (C=O) groups is 2. The predicted molar refractivity (Wildman–Crippen MR) is 170 cm³/mol. The maximum absolute atomic E-state index is 14.2. The molecule has 4 rings (SSSR count). The first kappa shape index (κ1) is 32.4. The van der Waals surface area contributed by atoms with Gasteiger partial charge in [-0.3, -0.25) is 13.9 Å². The fourth-order valence-electron chi connectivity index (χ4n) is 5.26. The second kappa shape index (κ2) is 14.8. The summed E-state index contributed by atoms with van der Waals surface area (Å²) in [5.41, 5.74) is 2.14. The van der Waals surface area contributed by atoms with Gasteiger partial charge in [0.25, 0.3) is 10.0 Å². The van der Waals surface area contributed by atoms with Crippen molar-refractivity contribution in [1.29, 1.82) is 0 Å². The average molecular weight is 626 g/mol. The third-order valence-corrected chi connectivity index (χ3v) is 9.88. The zero-order valence-electron chi connectivity index (χ0n) is 25.0. The van der Waals surface area contributed by atoms with Gasteiger partial charge in [-0.15, -0.1) is 0 Å². The SMILES string of the molecule is CCOc1ccc(N(CC(=O)N(Cc2ccccc2C)[C@H](C)C(=O)NC2CCCCC2)S(=O)(=O)c2ccc(Cl)cc2)cc1. The predicted octanol–water partition coefficient (Wildman–Crippen LogP) is 6.11. The number of aryl methyl sites for hydroxylation is 1. The summed E-state index contributed by atoms with van der Waals surface area (Å²) in [7, 11) is -4.19. The first-order valence-corrected chi connectivity index (χ1v) is 16.6. The van der Waals surface area contributed by atoms with E-state index < -0.39 is 28.5 Å². The van der Waals surface area contributed by atoms with Crippen LogP contribution < -0.4 is 14.4 Å². The van der Waals surface area contributed by atoms with Crippen LogP contribution in [-0.4, -0.2) is 50.4 Å². The van der Waals surface area contributed by atoms with Gasteiger partial charge in [0.2, 0.25) is 11.8 Å². The average Bonchev–Trinajstić information content (AvgIpc) is 3.00. The quantitative estimate of drug-likeness (QED) is 0.262. The Morgan fingerprint density at radius 2 is 1.63 bits per heavy atom. The molecular formula is C33H40ClN3O5S. The summed E-state index contributed by atoms with van der Waals surface area (Å²) in [5.74, 6) is -0.168. The monoisotopic (exact) mass is 625 g/mol. The van der Waals surface area contributed by atoms with Gasteiger partial charge in [0.05, 0.1) is 17.2 Å². The molecule has 1 fully saturated rings. The van der Waals surface area contributed by atoms with Crippen molar-refractivity contribution in [2.75, 3.05) is 17.5 Å². The molecule has 43 heavy (non-hydrogen) atoms. The third-order valence-electron chi connectivity index (χ3n) is 7.84. The van der Waals surface area contributed by atoms with Crippen molar-refractivity contribution in [2.45, 2.75) is 76.4 Å². The number of hydrogen-bond acceptors (Lipinski definition) is 5. The Morgan fingerprint density at radius 3 is 2.26 bits per heavy atom. The maximum Gasteiger partial charge on any atom is 0.264 e.